The highest BCUT2D eigenvalue weighted by Gasteiger charge is 2.48. The molecule has 0 heterocycles. The molecule has 19 heavy (non-hydrogen) atoms. The van der Waals surface area contributed by atoms with Crippen LogP contribution in [0.3, 0.4) is 0 Å². The monoisotopic (exact) mass is 270 g/mol. The highest BCUT2D eigenvalue weighted by molar-refractivity contribution is 5.81. The Balaban J connectivity index is 2.63. The van der Waals surface area contributed by atoms with Gasteiger partial charge in [-0.1, -0.05) is 13.3 Å². The van der Waals surface area contributed by atoms with Crippen LogP contribution in [0.25, 0.3) is 0 Å². The predicted molar refractivity (Wildman–Crippen MR) is 78.1 cm³/mol. The van der Waals surface area contributed by atoms with Gasteiger partial charge in [0.2, 0.25) is 0 Å². The van der Waals surface area contributed by atoms with E-state index in [2.05, 4.69) is 31.1 Å². The lowest BCUT2D eigenvalue weighted by atomic mass is 9.84. The van der Waals surface area contributed by atoms with E-state index in [4.69, 9.17) is 4.74 Å². The number of esters is 1. The Morgan fingerprint density at radius 1 is 1.58 bits per heavy atom. The van der Waals surface area contributed by atoms with E-state index < -0.39 is 5.54 Å². The molecule has 1 fully saturated rings. The summed E-state index contributed by atoms with van der Waals surface area (Å²) in [5.41, 5.74) is -0.453. The van der Waals surface area contributed by atoms with E-state index in [9.17, 15) is 4.79 Å². The number of carbonyl (C=O) groups excluding carboxylic acids is 1. The number of hydrogen-bond donors (Lipinski definition) is 1. The van der Waals surface area contributed by atoms with Crippen LogP contribution in [0.4, 0.5) is 0 Å². The van der Waals surface area contributed by atoms with Crippen LogP contribution in [0.5, 0.6) is 0 Å². The van der Waals surface area contributed by atoms with Crippen molar-refractivity contribution in [2.24, 2.45) is 5.92 Å². The molecule has 0 saturated heterocycles. The molecule has 4 heteroatoms. The quantitative estimate of drug-likeness (QED) is 0.719. The molecule has 4 nitrogen and oxygen atoms in total. The molecule has 1 rings (SSSR count). The summed E-state index contributed by atoms with van der Waals surface area (Å²) in [5.74, 6) is 0.292. The lowest BCUT2D eigenvalue weighted by molar-refractivity contribution is -0.150. The number of nitrogens with one attached hydrogen (secondary N) is 1. The van der Waals surface area contributed by atoms with E-state index in [0.29, 0.717) is 12.0 Å². The van der Waals surface area contributed by atoms with Gasteiger partial charge in [-0.3, -0.25) is 4.79 Å². The predicted octanol–water partition coefficient (Wildman–Crippen LogP) is 2.04. The molecule has 1 aliphatic carbocycles. The maximum Gasteiger partial charge on any atom is 0.326 e. The number of methoxy groups -OCH3 is 1. The van der Waals surface area contributed by atoms with Gasteiger partial charge in [0.1, 0.15) is 5.54 Å². The van der Waals surface area contributed by atoms with Crippen LogP contribution in [0.15, 0.2) is 0 Å². The van der Waals surface area contributed by atoms with Crippen molar-refractivity contribution in [3.05, 3.63) is 0 Å². The third-order valence-corrected chi connectivity index (χ3v) is 4.99. The molecule has 0 aromatic rings. The summed E-state index contributed by atoms with van der Waals surface area (Å²) >= 11 is 0. The first kappa shape index (κ1) is 16.4. The zero-order chi connectivity index (χ0) is 14.5. The van der Waals surface area contributed by atoms with Crippen molar-refractivity contribution >= 4 is 5.97 Å². The second-order valence-corrected chi connectivity index (χ2v) is 5.83. The van der Waals surface area contributed by atoms with Gasteiger partial charge in [-0.25, -0.2) is 0 Å². The summed E-state index contributed by atoms with van der Waals surface area (Å²) in [4.78, 5) is 14.5. The van der Waals surface area contributed by atoms with Crippen molar-refractivity contribution in [2.75, 3.05) is 27.7 Å². The van der Waals surface area contributed by atoms with Crippen LogP contribution in [0.2, 0.25) is 0 Å². The maximum atomic E-state index is 12.1. The first-order valence-electron chi connectivity index (χ1n) is 7.49. The molecule has 0 aromatic carbocycles. The van der Waals surface area contributed by atoms with Gasteiger partial charge in [0.15, 0.2) is 0 Å². The average molecular weight is 270 g/mol. The van der Waals surface area contributed by atoms with Crippen LogP contribution in [0.1, 0.15) is 46.0 Å². The van der Waals surface area contributed by atoms with Gasteiger partial charge in [0.05, 0.1) is 7.11 Å². The fourth-order valence-electron chi connectivity index (χ4n) is 3.24. The molecule has 0 radical (unpaired) electrons. The molecule has 1 N–H and O–H groups in total. The Labute approximate surface area is 117 Å². The lowest BCUT2D eigenvalue weighted by Gasteiger charge is -2.34. The number of nitrogens with zero attached hydrogens (tertiary/aromatic N) is 1. The smallest absolute Gasteiger partial charge is 0.326 e. The molecular formula is C15H30N2O2. The Hall–Kier alpha value is -0.610. The SMILES string of the molecule is CCC(C)N(C)CCC1CCCC1(NC)C(=O)OC. The molecule has 1 aliphatic rings. The topological polar surface area (TPSA) is 41.6 Å². The highest BCUT2D eigenvalue weighted by atomic mass is 16.5. The third kappa shape index (κ3) is 3.48. The molecule has 0 bridgehead atoms. The van der Waals surface area contributed by atoms with Crippen molar-refractivity contribution in [2.45, 2.75) is 57.5 Å². The molecule has 0 amide bonds. The Kier molecular flexibility index (Phi) is 6.27. The summed E-state index contributed by atoms with van der Waals surface area (Å²) in [5, 5.41) is 3.25. The van der Waals surface area contributed by atoms with Crippen LogP contribution in [-0.4, -0.2) is 50.2 Å². The number of carbonyl (C=O) groups is 1. The first-order chi connectivity index (χ1) is 9.01. The molecule has 0 aliphatic heterocycles. The van der Waals surface area contributed by atoms with E-state index in [0.717, 1.165) is 38.6 Å². The maximum absolute atomic E-state index is 12.1. The van der Waals surface area contributed by atoms with E-state index in [1.165, 1.54) is 7.11 Å². The van der Waals surface area contributed by atoms with Crippen LogP contribution in [-0.2, 0) is 9.53 Å². The van der Waals surface area contributed by atoms with Gasteiger partial charge in [-0.15, -0.1) is 0 Å². The summed E-state index contributed by atoms with van der Waals surface area (Å²) in [6.07, 6.45) is 5.33. The van der Waals surface area contributed by atoms with Gasteiger partial charge in [0.25, 0.3) is 0 Å². The van der Waals surface area contributed by atoms with Crippen LogP contribution < -0.4 is 5.32 Å². The van der Waals surface area contributed by atoms with E-state index in [1.54, 1.807) is 0 Å². The standard InChI is InChI=1S/C15H30N2O2/c1-6-12(2)17(4)11-9-13-8-7-10-15(13,16-3)14(18)19-5/h12-13,16H,6-11H2,1-5H3. The number of ether oxygens (including phenoxy) is 1. The lowest BCUT2D eigenvalue weighted by Crippen LogP contribution is -2.54. The fraction of sp³-hybridized carbons (Fsp3) is 0.933. The molecule has 3 atom stereocenters. The highest BCUT2D eigenvalue weighted by Crippen LogP contribution is 2.38. The minimum absolute atomic E-state index is 0.0938. The second-order valence-electron chi connectivity index (χ2n) is 5.83. The Morgan fingerprint density at radius 3 is 2.79 bits per heavy atom. The normalized spacial score (nSPS) is 28.6. The summed E-state index contributed by atoms with van der Waals surface area (Å²) in [6.45, 7) is 5.50. The van der Waals surface area contributed by atoms with Crippen LogP contribution in [0, 0.1) is 5.92 Å². The van der Waals surface area contributed by atoms with Gasteiger partial charge < -0.3 is 15.0 Å². The summed E-state index contributed by atoms with van der Waals surface area (Å²) in [7, 11) is 5.54. The van der Waals surface area contributed by atoms with Crippen molar-refractivity contribution in [3.8, 4) is 0 Å². The Bertz CT molecular complexity index is 296. The fourth-order valence-corrected chi connectivity index (χ4v) is 3.24. The van der Waals surface area contributed by atoms with Crippen molar-refractivity contribution in [3.63, 3.8) is 0 Å². The van der Waals surface area contributed by atoms with Crippen molar-refractivity contribution in [1.82, 2.24) is 10.2 Å². The third-order valence-electron chi connectivity index (χ3n) is 4.99. The number of likely N-dealkylation sites (N-methyl/N-ethyl adjacent to an activating group) is 1. The zero-order valence-electron chi connectivity index (χ0n) is 13.2. The first-order valence-corrected chi connectivity index (χ1v) is 7.49. The van der Waals surface area contributed by atoms with Gasteiger partial charge >= 0.3 is 5.97 Å². The molecule has 112 valence electrons. The van der Waals surface area contributed by atoms with E-state index >= 15 is 0 Å². The summed E-state index contributed by atoms with van der Waals surface area (Å²) < 4.78 is 5.02. The van der Waals surface area contributed by atoms with E-state index in [-0.39, 0.29) is 5.97 Å². The minimum atomic E-state index is -0.453. The molecule has 3 unspecified atom stereocenters. The van der Waals surface area contributed by atoms with Gasteiger partial charge in [0, 0.05) is 6.04 Å². The summed E-state index contributed by atoms with van der Waals surface area (Å²) in [6, 6.07) is 0.600. The Morgan fingerprint density at radius 2 is 2.26 bits per heavy atom. The second kappa shape index (κ2) is 7.25. The minimum Gasteiger partial charge on any atom is -0.468 e. The van der Waals surface area contributed by atoms with Gasteiger partial charge in [-0.2, -0.15) is 0 Å². The number of hydrogen-bond acceptors (Lipinski definition) is 4. The zero-order valence-corrected chi connectivity index (χ0v) is 13.2. The number of rotatable bonds is 7. The van der Waals surface area contributed by atoms with Crippen LogP contribution >= 0.6 is 0 Å². The van der Waals surface area contributed by atoms with Crippen molar-refractivity contribution < 1.29 is 9.53 Å². The van der Waals surface area contributed by atoms with Crippen molar-refractivity contribution in [1.29, 1.82) is 0 Å². The molecule has 0 aromatic heterocycles. The van der Waals surface area contributed by atoms with Gasteiger partial charge in [-0.05, 0) is 59.2 Å². The van der Waals surface area contributed by atoms with E-state index in [1.807, 2.05) is 7.05 Å². The molecule has 0 spiro atoms. The molecule has 1 saturated carbocycles. The largest absolute Gasteiger partial charge is 0.468 e. The average Bonchev–Trinajstić information content (AvgIpc) is 2.86. The molecular weight excluding hydrogens is 240 g/mol.